The summed E-state index contributed by atoms with van der Waals surface area (Å²) < 4.78 is 59.5. The monoisotopic (exact) mass is 1010 g/mol. The number of oxazole rings is 1. The Morgan fingerprint density at radius 3 is 2.06 bits per heavy atom. The van der Waals surface area contributed by atoms with E-state index < -0.39 is 34.6 Å². The third-order valence-electron chi connectivity index (χ3n) is 15.3. The summed E-state index contributed by atoms with van der Waals surface area (Å²) in [4.78, 5) is 17.4. The van der Waals surface area contributed by atoms with Gasteiger partial charge in [0.1, 0.15) is 24.0 Å². The molecule has 11 nitrogen and oxygen atoms in total. The van der Waals surface area contributed by atoms with E-state index in [4.69, 9.17) is 46.7 Å². The van der Waals surface area contributed by atoms with Gasteiger partial charge >= 0.3 is 0 Å². The minimum Gasteiger partial charge on any atom is -0.497 e. The highest BCUT2D eigenvalue weighted by molar-refractivity contribution is 6.99. The van der Waals surface area contributed by atoms with Gasteiger partial charge in [-0.1, -0.05) is 128 Å². The molecule has 0 saturated carbocycles. The molecule has 9 atom stereocenters. The Balaban J connectivity index is 1.27. The van der Waals surface area contributed by atoms with Gasteiger partial charge < -0.3 is 41.7 Å². The maximum atomic E-state index is 12.4. The summed E-state index contributed by atoms with van der Waals surface area (Å²) in [5, 5.41) is 2.03. The lowest BCUT2D eigenvalue weighted by Crippen LogP contribution is -2.69. The van der Waals surface area contributed by atoms with Crippen LogP contribution in [0.3, 0.4) is 0 Å². The fraction of sp³-hybridized carbons (Fsp3) is 0.552. The van der Waals surface area contributed by atoms with Gasteiger partial charge in [0.15, 0.2) is 20.0 Å². The molecule has 0 aliphatic carbocycles. The minimum atomic E-state index is -3.12. The van der Waals surface area contributed by atoms with Crippen LogP contribution in [-0.2, 0) is 50.4 Å². The molecule has 388 valence electrons. The molecule has 0 unspecified atom stereocenters. The van der Waals surface area contributed by atoms with E-state index in [1.54, 1.807) is 34.5 Å². The van der Waals surface area contributed by atoms with E-state index in [9.17, 15) is 4.79 Å². The molecule has 4 aromatic rings. The number of hydrogen-bond donors (Lipinski definition) is 0. The Morgan fingerprint density at radius 1 is 0.873 bits per heavy atom. The summed E-state index contributed by atoms with van der Waals surface area (Å²) in [6.45, 7) is 27.6. The molecule has 0 bridgehead atoms. The fourth-order valence-corrected chi connectivity index (χ4v) is 15.9. The van der Waals surface area contributed by atoms with Crippen LogP contribution in [-0.4, -0.2) is 98.3 Å². The van der Waals surface area contributed by atoms with E-state index in [1.165, 1.54) is 0 Å². The Labute approximate surface area is 427 Å². The summed E-state index contributed by atoms with van der Waals surface area (Å²) in [6, 6.07) is 29.0. The van der Waals surface area contributed by atoms with Gasteiger partial charge in [-0.05, 0) is 94.8 Å². The third kappa shape index (κ3) is 13.4. The second-order valence-corrected chi connectivity index (χ2v) is 31.5. The highest BCUT2D eigenvalue weighted by atomic mass is 28.4. The first-order chi connectivity index (χ1) is 33.6. The molecule has 0 N–H and O–H groups in total. The van der Waals surface area contributed by atoms with Crippen LogP contribution in [0.4, 0.5) is 0 Å². The second-order valence-electron chi connectivity index (χ2n) is 22.4. The Morgan fingerprint density at radius 2 is 1.51 bits per heavy atom. The highest BCUT2D eigenvalue weighted by Gasteiger charge is 2.54. The van der Waals surface area contributed by atoms with Gasteiger partial charge in [-0.15, -0.1) is 0 Å². The highest BCUT2D eigenvalue weighted by Crippen LogP contribution is 2.43. The van der Waals surface area contributed by atoms with E-state index in [2.05, 4.69) is 142 Å². The van der Waals surface area contributed by atoms with E-state index in [0.29, 0.717) is 43.2 Å². The molecule has 2 fully saturated rings. The zero-order valence-electron chi connectivity index (χ0n) is 45.3. The summed E-state index contributed by atoms with van der Waals surface area (Å²) in [7, 11) is -0.0353. The van der Waals surface area contributed by atoms with Crippen LogP contribution in [0.15, 0.2) is 113 Å². The van der Waals surface area contributed by atoms with Gasteiger partial charge in [-0.25, -0.2) is 4.98 Å². The topological polar surface area (TPSA) is 117 Å². The molecule has 1 aromatic heterocycles. The smallest absolute Gasteiger partial charge is 0.262 e. The number of carbonyl (C=O) groups is 1. The molecule has 3 heterocycles. The Bertz CT molecular complexity index is 2320. The minimum absolute atomic E-state index is 0.0367. The average Bonchev–Trinajstić information content (AvgIpc) is 3.78. The van der Waals surface area contributed by atoms with Crippen molar-refractivity contribution in [2.75, 3.05) is 27.9 Å². The zero-order chi connectivity index (χ0) is 51.8. The first-order valence-corrected chi connectivity index (χ1v) is 30.3. The number of nitrogens with zero attached hydrogens (tertiary/aromatic N) is 1. The maximum Gasteiger partial charge on any atom is 0.262 e. The van der Waals surface area contributed by atoms with Crippen molar-refractivity contribution in [2.24, 2.45) is 11.8 Å². The zero-order valence-corrected chi connectivity index (χ0v) is 47.3. The molecule has 2 aliphatic heterocycles. The molecule has 13 heteroatoms. The molecule has 2 saturated heterocycles. The molecule has 6 rings (SSSR count). The Kier molecular flexibility index (Phi) is 18.9. The number of benzene rings is 3. The van der Waals surface area contributed by atoms with Gasteiger partial charge in [-0.2, -0.15) is 0 Å². The molecule has 0 amide bonds. The van der Waals surface area contributed by atoms with Crippen molar-refractivity contribution in [1.82, 2.24) is 4.98 Å². The number of rotatable bonds is 21. The fourth-order valence-electron chi connectivity index (χ4n) is 10.2. The van der Waals surface area contributed by atoms with E-state index in [-0.39, 0.29) is 52.7 Å². The summed E-state index contributed by atoms with van der Waals surface area (Å²) >= 11 is 0. The number of methoxy groups -OCH3 is 3. The first kappa shape index (κ1) is 56.3. The van der Waals surface area contributed by atoms with Crippen molar-refractivity contribution in [3.63, 3.8) is 0 Å². The number of aldehydes is 1. The first-order valence-electron chi connectivity index (χ1n) is 25.4. The van der Waals surface area contributed by atoms with Gasteiger partial charge in [0.2, 0.25) is 0 Å². The summed E-state index contributed by atoms with van der Waals surface area (Å²) in [6.07, 6.45) is 6.55. The number of ether oxygens (including phenoxy) is 6. The summed E-state index contributed by atoms with van der Waals surface area (Å²) in [5.74, 6) is 0.247. The molecule has 0 spiro atoms. The molecule has 0 radical (unpaired) electrons. The van der Waals surface area contributed by atoms with Crippen molar-refractivity contribution in [1.29, 1.82) is 0 Å². The van der Waals surface area contributed by atoms with E-state index in [1.807, 2.05) is 30.3 Å². The predicted octanol–water partition coefficient (Wildman–Crippen LogP) is 11.3. The quantitative estimate of drug-likeness (QED) is 0.0451. The molecule has 3 aromatic carbocycles. The lowest BCUT2D eigenvalue weighted by atomic mass is 9.79. The average molecular weight is 1010 g/mol. The van der Waals surface area contributed by atoms with Gasteiger partial charge in [-0.3, -0.25) is 4.79 Å². The molecular formula is C58H83NO10Si2. The number of allylic oxidation sites excluding steroid dienone is 1. The van der Waals surface area contributed by atoms with Crippen LogP contribution in [0.2, 0.25) is 23.2 Å². The van der Waals surface area contributed by atoms with Crippen LogP contribution in [0, 0.1) is 11.8 Å². The normalized spacial score (nSPS) is 25.5. The van der Waals surface area contributed by atoms with E-state index in [0.717, 1.165) is 40.0 Å². The number of aromatic nitrogens is 1. The second kappa shape index (κ2) is 23.9. The van der Waals surface area contributed by atoms with Gasteiger partial charge in [0.05, 0.1) is 56.8 Å². The van der Waals surface area contributed by atoms with Crippen molar-refractivity contribution in [2.45, 2.75) is 167 Å². The molecular weight excluding hydrogens is 927 g/mol. The van der Waals surface area contributed by atoms with Crippen LogP contribution < -0.4 is 15.1 Å². The number of hydrogen-bond acceptors (Lipinski definition) is 11. The lowest BCUT2D eigenvalue weighted by molar-refractivity contribution is -0.297. The summed E-state index contributed by atoms with van der Waals surface area (Å²) in [5.41, 5.74) is 3.32. The van der Waals surface area contributed by atoms with Crippen LogP contribution in [0.25, 0.3) is 6.08 Å². The van der Waals surface area contributed by atoms with Crippen molar-refractivity contribution < 1.29 is 46.5 Å². The van der Waals surface area contributed by atoms with Crippen molar-refractivity contribution in [3.05, 3.63) is 126 Å². The lowest BCUT2D eigenvalue weighted by Gasteiger charge is -2.49. The maximum absolute atomic E-state index is 12.4. The number of carbonyl (C=O) groups excluding carboxylic acids is 1. The predicted molar refractivity (Wildman–Crippen MR) is 287 cm³/mol. The van der Waals surface area contributed by atoms with E-state index >= 15 is 0 Å². The molecule has 2 aliphatic rings. The van der Waals surface area contributed by atoms with Crippen LogP contribution >= 0.6 is 0 Å². The van der Waals surface area contributed by atoms with Crippen molar-refractivity contribution >= 4 is 39.4 Å². The standard InChI is InChI=1S/C58H83NO10Si2/c1-40(37-60)32-52(69-71(57(8,9)10,48-22-18-16-19-23-48)49-24-20-17-21-25-49)51-34-47(62-12)35-58(63-13,68-51)36-53-59-45(39-64-53)33-41(2)54-43(4)55(65-38-44-26-28-46(61-11)29-27-44)42(3)50(67-54)30-31-66-70(14,15)56(5,6)7/h16-29,32-33,37,39,42-43,47,50-52,54-55H,30-31,34-36,38H2,1-15H3/b40-32+,41-33+/t42-,43-,47+,50+,51+,52+,54-,55-,58-/m0/s1. The van der Waals surface area contributed by atoms with Crippen molar-refractivity contribution in [3.8, 4) is 5.75 Å². The largest absolute Gasteiger partial charge is 0.497 e. The molecule has 71 heavy (non-hydrogen) atoms. The Hall–Kier alpha value is -4.03. The van der Waals surface area contributed by atoms with Crippen LogP contribution in [0.1, 0.15) is 106 Å². The van der Waals surface area contributed by atoms with Gasteiger partial charge in [0.25, 0.3) is 8.32 Å². The van der Waals surface area contributed by atoms with Gasteiger partial charge in [0, 0.05) is 45.5 Å². The SMILES string of the molecule is COc1ccc(CO[C@H]2[C@@H](C)[C@@H](CCO[Si](C)(C)C(C)(C)C)O[C@@H](/C(C)=C/c3coc(C[C@]4(OC)C[C@H](OC)C[C@H]([C@@H](/C=C(\C)C=O)O[Si](c5ccccc5)(c5ccccc5)C(C)(C)C)O4)n3)[C@@H]2C)cc1. The third-order valence-corrected chi connectivity index (χ3v) is 24.9. The van der Waals surface area contributed by atoms with Crippen LogP contribution in [0.5, 0.6) is 5.75 Å².